The van der Waals surface area contributed by atoms with Crippen LogP contribution >= 0.6 is 23.1 Å². The predicted molar refractivity (Wildman–Crippen MR) is 88.1 cm³/mol. The molecule has 0 amide bonds. The lowest BCUT2D eigenvalue weighted by Gasteiger charge is -2.06. The second kappa shape index (κ2) is 7.73. The minimum atomic E-state index is 1.00. The number of hydrogen-bond donors (Lipinski definition) is 1. The van der Waals surface area contributed by atoms with Crippen molar-refractivity contribution >= 4 is 23.1 Å². The molecule has 0 aliphatic carbocycles. The van der Waals surface area contributed by atoms with Crippen LogP contribution in [0, 0.1) is 13.8 Å². The number of nitrogens with one attached hydrogen (secondary N) is 1. The molecule has 0 fully saturated rings. The largest absolute Gasteiger partial charge is 0.311 e. The van der Waals surface area contributed by atoms with E-state index in [1.807, 2.05) is 23.1 Å². The van der Waals surface area contributed by atoms with Crippen molar-refractivity contribution < 1.29 is 0 Å². The smallest absolute Gasteiger partial charge is 0.0300 e. The van der Waals surface area contributed by atoms with Crippen LogP contribution in [0.5, 0.6) is 0 Å². The quantitative estimate of drug-likeness (QED) is 0.759. The highest BCUT2D eigenvalue weighted by Crippen LogP contribution is 2.16. The molecule has 1 aromatic carbocycles. The lowest BCUT2D eigenvalue weighted by molar-refractivity contribution is 0.741. The van der Waals surface area contributed by atoms with E-state index in [0.717, 1.165) is 18.8 Å². The Balaban J connectivity index is 1.59. The van der Waals surface area contributed by atoms with E-state index in [1.54, 1.807) is 0 Å². The molecule has 0 saturated carbocycles. The lowest BCUT2D eigenvalue weighted by atomic mass is 10.1. The Morgan fingerprint density at radius 1 is 1.11 bits per heavy atom. The second-order valence-corrected chi connectivity index (χ2v) is 7.15. The summed E-state index contributed by atoms with van der Waals surface area (Å²) in [5.41, 5.74) is 2.86. The van der Waals surface area contributed by atoms with E-state index in [9.17, 15) is 0 Å². The molecule has 0 saturated heterocycles. The number of rotatable bonds is 7. The van der Waals surface area contributed by atoms with Gasteiger partial charge in [-0.25, -0.2) is 0 Å². The topological polar surface area (TPSA) is 12.0 Å². The second-order valence-electron chi connectivity index (χ2n) is 4.67. The molecule has 1 N–H and O–H groups in total. The SMILES string of the molecule is Cc1ccc(CNCCSCc2ccccc2C)s1. The van der Waals surface area contributed by atoms with E-state index in [1.165, 1.54) is 26.6 Å². The molecule has 2 aromatic rings. The van der Waals surface area contributed by atoms with Crippen molar-refractivity contribution in [3.05, 3.63) is 57.3 Å². The summed E-state index contributed by atoms with van der Waals surface area (Å²) >= 11 is 3.88. The predicted octanol–water partition coefficient (Wildman–Crippen LogP) is 4.39. The van der Waals surface area contributed by atoms with Gasteiger partial charge in [0.05, 0.1) is 0 Å². The number of aryl methyl sites for hydroxylation is 2. The van der Waals surface area contributed by atoms with Gasteiger partial charge in [0.25, 0.3) is 0 Å². The average molecular weight is 291 g/mol. The molecule has 1 nitrogen and oxygen atoms in total. The van der Waals surface area contributed by atoms with Crippen molar-refractivity contribution in [3.63, 3.8) is 0 Å². The van der Waals surface area contributed by atoms with Crippen LogP contribution in [-0.2, 0) is 12.3 Å². The summed E-state index contributed by atoms with van der Waals surface area (Å²) in [7, 11) is 0. The van der Waals surface area contributed by atoms with E-state index >= 15 is 0 Å². The van der Waals surface area contributed by atoms with Gasteiger partial charge >= 0.3 is 0 Å². The van der Waals surface area contributed by atoms with Crippen molar-refractivity contribution in [2.75, 3.05) is 12.3 Å². The zero-order valence-corrected chi connectivity index (χ0v) is 13.2. The van der Waals surface area contributed by atoms with Gasteiger partial charge in [-0.15, -0.1) is 11.3 Å². The highest BCUT2D eigenvalue weighted by molar-refractivity contribution is 7.98. The van der Waals surface area contributed by atoms with Gasteiger partial charge in [0.15, 0.2) is 0 Å². The molecule has 1 heterocycles. The third-order valence-electron chi connectivity index (χ3n) is 3.04. The van der Waals surface area contributed by atoms with Crippen LogP contribution in [0.15, 0.2) is 36.4 Å². The summed E-state index contributed by atoms with van der Waals surface area (Å²) in [5, 5.41) is 3.51. The molecule has 0 aliphatic heterocycles. The standard InChI is InChI=1S/C16H21NS2/c1-13-5-3-4-6-15(13)12-18-10-9-17-11-16-8-7-14(2)19-16/h3-8,17H,9-12H2,1-2H3. The first-order valence-electron chi connectivity index (χ1n) is 6.64. The summed E-state index contributed by atoms with van der Waals surface area (Å²) < 4.78 is 0. The van der Waals surface area contributed by atoms with Gasteiger partial charge in [-0.3, -0.25) is 0 Å². The molecule has 1 aromatic heterocycles. The first-order valence-corrected chi connectivity index (χ1v) is 8.61. The van der Waals surface area contributed by atoms with Crippen LogP contribution in [0.2, 0.25) is 0 Å². The van der Waals surface area contributed by atoms with Gasteiger partial charge in [-0.1, -0.05) is 24.3 Å². The molecular formula is C16H21NS2. The normalized spacial score (nSPS) is 10.8. The maximum absolute atomic E-state index is 3.51. The molecule has 2 rings (SSSR count). The maximum atomic E-state index is 3.51. The molecule has 19 heavy (non-hydrogen) atoms. The van der Waals surface area contributed by atoms with Crippen molar-refractivity contribution in [2.45, 2.75) is 26.1 Å². The Labute approximate surface area is 124 Å². The Hall–Kier alpha value is -0.770. The van der Waals surface area contributed by atoms with Crippen LogP contribution in [0.1, 0.15) is 20.9 Å². The zero-order chi connectivity index (χ0) is 13.5. The third-order valence-corrected chi connectivity index (χ3v) is 5.05. The zero-order valence-electron chi connectivity index (χ0n) is 11.6. The maximum Gasteiger partial charge on any atom is 0.0300 e. The van der Waals surface area contributed by atoms with Crippen LogP contribution in [0.4, 0.5) is 0 Å². The summed E-state index contributed by atoms with van der Waals surface area (Å²) in [4.78, 5) is 2.83. The highest BCUT2D eigenvalue weighted by atomic mass is 32.2. The van der Waals surface area contributed by atoms with Crippen LogP contribution in [0.3, 0.4) is 0 Å². The Morgan fingerprint density at radius 3 is 2.68 bits per heavy atom. The lowest BCUT2D eigenvalue weighted by Crippen LogP contribution is -2.15. The van der Waals surface area contributed by atoms with Crippen molar-refractivity contribution in [1.29, 1.82) is 0 Å². The minimum Gasteiger partial charge on any atom is -0.311 e. The molecule has 0 spiro atoms. The van der Waals surface area contributed by atoms with E-state index in [2.05, 4.69) is 55.6 Å². The van der Waals surface area contributed by atoms with Crippen LogP contribution in [0.25, 0.3) is 0 Å². The molecule has 102 valence electrons. The van der Waals surface area contributed by atoms with Gasteiger partial charge in [-0.2, -0.15) is 11.8 Å². The third kappa shape index (κ3) is 5.01. The average Bonchev–Trinajstić information content (AvgIpc) is 2.81. The number of thioether (sulfide) groups is 1. The fraction of sp³-hybridized carbons (Fsp3) is 0.375. The van der Waals surface area contributed by atoms with Crippen molar-refractivity contribution in [3.8, 4) is 0 Å². The summed E-state index contributed by atoms with van der Waals surface area (Å²) in [6, 6.07) is 13.0. The van der Waals surface area contributed by atoms with Crippen molar-refractivity contribution in [1.82, 2.24) is 5.32 Å². The van der Waals surface area contributed by atoms with E-state index in [4.69, 9.17) is 0 Å². The molecule has 0 unspecified atom stereocenters. The van der Waals surface area contributed by atoms with Gasteiger partial charge in [0.1, 0.15) is 0 Å². The van der Waals surface area contributed by atoms with E-state index in [-0.39, 0.29) is 0 Å². The first kappa shape index (κ1) is 14.6. The first-order chi connectivity index (χ1) is 9.25. The van der Waals surface area contributed by atoms with Gasteiger partial charge in [-0.05, 0) is 37.1 Å². The Bertz CT molecular complexity index is 505. The van der Waals surface area contributed by atoms with Crippen molar-refractivity contribution in [2.24, 2.45) is 0 Å². The fourth-order valence-corrected chi connectivity index (χ4v) is 3.73. The Morgan fingerprint density at radius 2 is 1.95 bits per heavy atom. The molecule has 0 atom stereocenters. The number of benzene rings is 1. The number of thiophene rings is 1. The fourth-order valence-electron chi connectivity index (χ4n) is 1.89. The number of hydrogen-bond acceptors (Lipinski definition) is 3. The van der Waals surface area contributed by atoms with Gasteiger partial charge in [0, 0.05) is 34.3 Å². The highest BCUT2D eigenvalue weighted by Gasteiger charge is 1.98. The molecule has 0 bridgehead atoms. The molecule has 0 radical (unpaired) electrons. The monoisotopic (exact) mass is 291 g/mol. The summed E-state index contributed by atoms with van der Waals surface area (Å²) in [6.45, 7) is 6.43. The minimum absolute atomic E-state index is 1.00. The molecular weight excluding hydrogens is 270 g/mol. The van der Waals surface area contributed by atoms with Gasteiger partial charge < -0.3 is 5.32 Å². The van der Waals surface area contributed by atoms with Crippen LogP contribution in [-0.4, -0.2) is 12.3 Å². The Kier molecular flexibility index (Phi) is 5.95. The van der Waals surface area contributed by atoms with Gasteiger partial charge in [0.2, 0.25) is 0 Å². The van der Waals surface area contributed by atoms with E-state index < -0.39 is 0 Å². The summed E-state index contributed by atoms with van der Waals surface area (Å²) in [5.74, 6) is 2.28. The van der Waals surface area contributed by atoms with Crippen LogP contribution < -0.4 is 5.32 Å². The molecule has 0 aliphatic rings. The molecule has 3 heteroatoms. The van der Waals surface area contributed by atoms with E-state index in [0.29, 0.717) is 0 Å². The summed E-state index contributed by atoms with van der Waals surface area (Å²) in [6.07, 6.45) is 0.